The quantitative estimate of drug-likeness (QED) is 0.452. The van der Waals surface area contributed by atoms with Crippen LogP contribution < -0.4 is 9.62 Å². The molecule has 2 amide bonds. The van der Waals surface area contributed by atoms with E-state index in [2.05, 4.69) is 5.32 Å². The number of rotatable bonds is 12. The van der Waals surface area contributed by atoms with Gasteiger partial charge in [-0.1, -0.05) is 25.1 Å². The summed E-state index contributed by atoms with van der Waals surface area (Å²) in [5.41, 5.74) is 0.155. The van der Waals surface area contributed by atoms with E-state index in [0.717, 1.165) is 28.8 Å². The molecule has 2 aromatic rings. The summed E-state index contributed by atoms with van der Waals surface area (Å²) in [6.45, 7) is 4.93. The second kappa shape index (κ2) is 12.8. The highest BCUT2D eigenvalue weighted by Gasteiger charge is 2.28. The van der Waals surface area contributed by atoms with E-state index in [4.69, 9.17) is 0 Å². The summed E-state index contributed by atoms with van der Waals surface area (Å²) in [5.74, 6) is -3.71. The van der Waals surface area contributed by atoms with Crippen molar-refractivity contribution in [2.24, 2.45) is 0 Å². The molecule has 2 aromatic carbocycles. The van der Waals surface area contributed by atoms with Gasteiger partial charge in [0.2, 0.25) is 21.8 Å². The van der Waals surface area contributed by atoms with E-state index in [1.165, 1.54) is 23.1 Å². The summed E-state index contributed by atoms with van der Waals surface area (Å²) in [4.78, 5) is 27.2. The average Bonchev–Trinajstić information content (AvgIpc) is 2.81. The van der Waals surface area contributed by atoms with Gasteiger partial charge in [-0.3, -0.25) is 13.9 Å². The third kappa shape index (κ3) is 7.97. The Morgan fingerprint density at radius 1 is 1.00 bits per heavy atom. The molecule has 36 heavy (non-hydrogen) atoms. The van der Waals surface area contributed by atoms with Crippen molar-refractivity contribution in [3.8, 4) is 0 Å². The topological polar surface area (TPSA) is 86.8 Å². The lowest BCUT2D eigenvalue weighted by Crippen LogP contribution is -2.49. The molecule has 0 bridgehead atoms. The first-order chi connectivity index (χ1) is 16.8. The van der Waals surface area contributed by atoms with Crippen molar-refractivity contribution in [1.82, 2.24) is 10.2 Å². The van der Waals surface area contributed by atoms with Gasteiger partial charge in [0.05, 0.1) is 11.9 Å². The summed E-state index contributed by atoms with van der Waals surface area (Å²) < 4.78 is 66.7. The lowest BCUT2D eigenvalue weighted by molar-refractivity contribution is -0.141. The van der Waals surface area contributed by atoms with Gasteiger partial charge < -0.3 is 10.2 Å². The summed E-state index contributed by atoms with van der Waals surface area (Å²) in [6, 6.07) is 7.60. The van der Waals surface area contributed by atoms with Crippen LogP contribution in [0.25, 0.3) is 0 Å². The summed E-state index contributed by atoms with van der Waals surface area (Å²) in [5, 5.41) is 2.81. The van der Waals surface area contributed by atoms with Crippen LogP contribution >= 0.6 is 0 Å². The molecule has 11 heteroatoms. The van der Waals surface area contributed by atoms with Crippen molar-refractivity contribution in [3.63, 3.8) is 0 Å². The van der Waals surface area contributed by atoms with Gasteiger partial charge in [-0.05, 0) is 44.9 Å². The molecule has 0 fully saturated rings. The van der Waals surface area contributed by atoms with E-state index >= 15 is 0 Å². The van der Waals surface area contributed by atoms with Gasteiger partial charge in [-0.2, -0.15) is 0 Å². The first-order valence-electron chi connectivity index (χ1n) is 11.6. The fraction of sp³-hybridized carbons (Fsp3) is 0.440. The molecular weight excluding hydrogens is 495 g/mol. The molecule has 0 saturated carbocycles. The second-order valence-corrected chi connectivity index (χ2v) is 10.6. The number of anilines is 1. The number of benzene rings is 2. The predicted molar refractivity (Wildman–Crippen MR) is 132 cm³/mol. The molecule has 0 spiro atoms. The largest absolute Gasteiger partial charge is 0.352 e. The zero-order chi connectivity index (χ0) is 27.0. The number of amides is 2. The Kier molecular flexibility index (Phi) is 10.3. The van der Waals surface area contributed by atoms with Crippen LogP contribution in [-0.4, -0.2) is 50.0 Å². The first kappa shape index (κ1) is 29.2. The molecule has 0 saturated heterocycles. The van der Waals surface area contributed by atoms with Gasteiger partial charge in [0, 0.05) is 37.2 Å². The zero-order valence-corrected chi connectivity index (χ0v) is 21.6. The van der Waals surface area contributed by atoms with Gasteiger partial charge in [0.25, 0.3) is 0 Å². The predicted octanol–water partition coefficient (Wildman–Crippen LogP) is 3.98. The van der Waals surface area contributed by atoms with Gasteiger partial charge >= 0.3 is 0 Å². The van der Waals surface area contributed by atoms with E-state index in [1.807, 2.05) is 13.8 Å². The van der Waals surface area contributed by atoms with Crippen LogP contribution in [0.1, 0.15) is 45.6 Å². The van der Waals surface area contributed by atoms with Gasteiger partial charge in [-0.15, -0.1) is 0 Å². The molecule has 0 unspecified atom stereocenters. The maximum atomic E-state index is 14.3. The van der Waals surface area contributed by atoms with Gasteiger partial charge in [0.1, 0.15) is 11.9 Å². The van der Waals surface area contributed by atoms with Crippen LogP contribution in [0, 0.1) is 17.5 Å². The fourth-order valence-corrected chi connectivity index (χ4v) is 4.46. The second-order valence-electron chi connectivity index (χ2n) is 8.64. The molecular formula is C25H32F3N3O4S. The Labute approximate surface area is 210 Å². The third-order valence-electron chi connectivity index (χ3n) is 5.81. The maximum absolute atomic E-state index is 14.3. The Balaban J connectivity index is 2.20. The highest BCUT2D eigenvalue weighted by Crippen LogP contribution is 2.22. The Morgan fingerprint density at radius 2 is 1.67 bits per heavy atom. The average molecular weight is 528 g/mol. The Bertz CT molecular complexity index is 1180. The number of sulfonamides is 1. The number of hydrogen-bond donors (Lipinski definition) is 1. The summed E-state index contributed by atoms with van der Waals surface area (Å²) in [6.07, 6.45) is 1.47. The number of hydrogen-bond acceptors (Lipinski definition) is 4. The van der Waals surface area contributed by atoms with Crippen molar-refractivity contribution >= 4 is 27.5 Å². The maximum Gasteiger partial charge on any atom is 0.242 e. The van der Waals surface area contributed by atoms with E-state index in [0.29, 0.717) is 6.42 Å². The molecule has 0 radical (unpaired) electrons. The third-order valence-corrected chi connectivity index (χ3v) is 7.00. The highest BCUT2D eigenvalue weighted by molar-refractivity contribution is 7.92. The van der Waals surface area contributed by atoms with Gasteiger partial charge in [0.15, 0.2) is 11.6 Å². The molecule has 7 nitrogen and oxygen atoms in total. The molecule has 0 aliphatic rings. The van der Waals surface area contributed by atoms with Crippen molar-refractivity contribution in [2.45, 2.75) is 58.7 Å². The Morgan fingerprint density at radius 3 is 2.25 bits per heavy atom. The van der Waals surface area contributed by atoms with Crippen molar-refractivity contribution in [1.29, 1.82) is 0 Å². The van der Waals surface area contributed by atoms with E-state index in [9.17, 15) is 31.2 Å². The van der Waals surface area contributed by atoms with E-state index in [1.54, 1.807) is 13.0 Å². The number of carbonyl (C=O) groups is 2. The standard InChI is InChI=1S/C25H32F3N3O4S/c1-5-17(2)29-25(33)18(3)30(16-19-9-6-7-10-21(19)26)24(32)11-8-14-31(36(4,34)35)20-12-13-22(27)23(28)15-20/h6-7,9-10,12-13,15,17-18H,5,8,11,14,16H2,1-4H3,(H,29,33)/t17-,18+/m1/s1. The molecule has 2 atom stereocenters. The zero-order valence-electron chi connectivity index (χ0n) is 20.8. The van der Waals surface area contributed by atoms with Crippen LogP contribution in [0.3, 0.4) is 0 Å². The monoisotopic (exact) mass is 527 g/mol. The minimum absolute atomic E-state index is 0.0262. The van der Waals surface area contributed by atoms with E-state index in [-0.39, 0.29) is 43.2 Å². The first-order valence-corrected chi connectivity index (χ1v) is 13.5. The molecule has 1 N–H and O–H groups in total. The number of halogens is 3. The molecule has 0 aliphatic carbocycles. The van der Waals surface area contributed by atoms with E-state index < -0.39 is 45.3 Å². The molecule has 2 rings (SSSR count). The normalized spacial score (nSPS) is 13.1. The minimum atomic E-state index is -3.86. The molecule has 0 heterocycles. The number of nitrogens with zero attached hydrogens (tertiary/aromatic N) is 2. The van der Waals surface area contributed by atoms with Crippen LogP contribution in [-0.2, 0) is 26.2 Å². The minimum Gasteiger partial charge on any atom is -0.352 e. The smallest absolute Gasteiger partial charge is 0.242 e. The molecule has 0 aliphatic heterocycles. The van der Waals surface area contributed by atoms with Crippen LogP contribution in [0.2, 0.25) is 0 Å². The Hall–Kier alpha value is -3.08. The van der Waals surface area contributed by atoms with Gasteiger partial charge in [-0.25, -0.2) is 21.6 Å². The highest BCUT2D eigenvalue weighted by atomic mass is 32.2. The van der Waals surface area contributed by atoms with Crippen molar-refractivity contribution in [2.75, 3.05) is 17.1 Å². The fourth-order valence-electron chi connectivity index (χ4n) is 3.50. The number of carbonyl (C=O) groups excluding carboxylic acids is 2. The molecule has 198 valence electrons. The van der Waals surface area contributed by atoms with Crippen molar-refractivity contribution < 1.29 is 31.2 Å². The summed E-state index contributed by atoms with van der Waals surface area (Å²) >= 11 is 0. The van der Waals surface area contributed by atoms with Crippen molar-refractivity contribution in [3.05, 3.63) is 65.5 Å². The summed E-state index contributed by atoms with van der Waals surface area (Å²) in [7, 11) is -3.86. The van der Waals surface area contributed by atoms with Crippen LogP contribution in [0.5, 0.6) is 0 Å². The number of nitrogens with one attached hydrogen (secondary N) is 1. The SMILES string of the molecule is CC[C@@H](C)NC(=O)[C@H](C)N(Cc1ccccc1F)C(=O)CCCN(c1ccc(F)c(F)c1)S(C)(=O)=O. The lowest BCUT2D eigenvalue weighted by Gasteiger charge is -2.30. The van der Waals surface area contributed by atoms with Crippen LogP contribution in [0.4, 0.5) is 18.9 Å². The van der Waals surface area contributed by atoms with Crippen LogP contribution in [0.15, 0.2) is 42.5 Å². The molecule has 0 aromatic heterocycles. The lowest BCUT2D eigenvalue weighted by atomic mass is 10.1.